The molecule has 0 heterocycles. The van der Waals surface area contributed by atoms with Crippen LogP contribution in [0.1, 0.15) is 25.3 Å². The van der Waals surface area contributed by atoms with Crippen LogP contribution in [0.15, 0.2) is 18.2 Å². The van der Waals surface area contributed by atoms with Gasteiger partial charge in [-0.25, -0.2) is 0 Å². The van der Waals surface area contributed by atoms with E-state index in [0.717, 1.165) is 6.07 Å². The molecule has 0 saturated carbocycles. The van der Waals surface area contributed by atoms with Gasteiger partial charge in [-0.2, -0.15) is 0 Å². The third-order valence-corrected chi connectivity index (χ3v) is 2.40. The average Bonchev–Trinajstić information content (AvgIpc) is 2.31. The lowest BCUT2D eigenvalue weighted by atomic mass is 10.1. The summed E-state index contributed by atoms with van der Waals surface area (Å²) in [4.78, 5) is 21.3. The van der Waals surface area contributed by atoms with Crippen LogP contribution in [0, 0.1) is 10.1 Å². The number of rotatable bonds is 6. The Hall–Kier alpha value is -2.11. The van der Waals surface area contributed by atoms with Crippen LogP contribution in [-0.4, -0.2) is 22.6 Å². The summed E-state index contributed by atoms with van der Waals surface area (Å²) in [5.41, 5.74) is 0.376. The lowest BCUT2D eigenvalue weighted by Gasteiger charge is -2.04. The van der Waals surface area contributed by atoms with Gasteiger partial charge in [0.25, 0.3) is 5.69 Å². The summed E-state index contributed by atoms with van der Waals surface area (Å²) < 4.78 is 4.76. The number of hydrogen-bond acceptors (Lipinski definition) is 5. The number of aryl methyl sites for hydroxylation is 1. The van der Waals surface area contributed by atoms with Gasteiger partial charge in [0, 0.05) is 12.0 Å². The van der Waals surface area contributed by atoms with Crippen molar-refractivity contribution in [3.63, 3.8) is 0 Å². The van der Waals surface area contributed by atoms with Crippen LogP contribution in [0.3, 0.4) is 0 Å². The highest BCUT2D eigenvalue weighted by atomic mass is 16.6. The number of hydrogen-bond donors (Lipinski definition) is 1. The zero-order chi connectivity index (χ0) is 13.5. The number of ether oxygens (including phenoxy) is 1. The molecule has 0 fully saturated rings. The number of nitro benzene ring substituents is 1. The fourth-order valence-corrected chi connectivity index (χ4v) is 1.59. The molecule has 0 aliphatic heterocycles. The number of nitrogens with zero attached hydrogens (tertiary/aromatic N) is 1. The number of carbonyl (C=O) groups excluding carboxylic acids is 1. The van der Waals surface area contributed by atoms with E-state index in [1.165, 1.54) is 12.1 Å². The van der Waals surface area contributed by atoms with Crippen molar-refractivity contribution in [2.24, 2.45) is 0 Å². The predicted octanol–water partition coefficient (Wildman–Crippen LogP) is 2.19. The van der Waals surface area contributed by atoms with Crippen LogP contribution < -0.4 is 0 Å². The Morgan fingerprint density at radius 1 is 1.50 bits per heavy atom. The predicted molar refractivity (Wildman–Crippen MR) is 64.3 cm³/mol. The van der Waals surface area contributed by atoms with Crippen molar-refractivity contribution in [2.75, 3.05) is 6.61 Å². The molecule has 0 aliphatic carbocycles. The van der Waals surface area contributed by atoms with Crippen LogP contribution >= 0.6 is 0 Å². The van der Waals surface area contributed by atoms with Crippen molar-refractivity contribution >= 4 is 11.7 Å². The fraction of sp³-hybridized carbons (Fsp3) is 0.417. The van der Waals surface area contributed by atoms with Crippen LogP contribution in [0.25, 0.3) is 0 Å². The second-order valence-electron chi connectivity index (χ2n) is 3.73. The molecule has 0 spiro atoms. The van der Waals surface area contributed by atoms with Crippen molar-refractivity contribution in [1.82, 2.24) is 0 Å². The van der Waals surface area contributed by atoms with E-state index in [0.29, 0.717) is 25.0 Å². The maximum absolute atomic E-state index is 11.1. The maximum Gasteiger partial charge on any atom is 0.305 e. The summed E-state index contributed by atoms with van der Waals surface area (Å²) >= 11 is 0. The molecule has 0 aromatic heterocycles. The summed E-state index contributed by atoms with van der Waals surface area (Å²) in [5, 5.41) is 20.0. The maximum atomic E-state index is 11.1. The Bertz CT molecular complexity index is 444. The lowest BCUT2D eigenvalue weighted by Crippen LogP contribution is -2.04. The molecule has 0 amide bonds. The Labute approximate surface area is 104 Å². The van der Waals surface area contributed by atoms with Gasteiger partial charge in [-0.05, 0) is 31.9 Å². The van der Waals surface area contributed by atoms with Gasteiger partial charge >= 0.3 is 5.97 Å². The molecule has 0 aliphatic rings. The zero-order valence-electron chi connectivity index (χ0n) is 10.1. The molecule has 0 radical (unpaired) electrons. The number of benzene rings is 1. The Morgan fingerprint density at radius 2 is 2.22 bits per heavy atom. The van der Waals surface area contributed by atoms with Crippen molar-refractivity contribution < 1.29 is 19.6 Å². The van der Waals surface area contributed by atoms with E-state index in [-0.39, 0.29) is 23.8 Å². The molecule has 18 heavy (non-hydrogen) atoms. The molecule has 0 atom stereocenters. The summed E-state index contributed by atoms with van der Waals surface area (Å²) in [5.74, 6) is -0.449. The van der Waals surface area contributed by atoms with E-state index in [9.17, 15) is 20.0 Å². The SMILES string of the molecule is CCOC(=O)CCCc1ccc(O)cc1[N+](=O)[O-]. The van der Waals surface area contributed by atoms with Gasteiger partial charge in [0.2, 0.25) is 0 Å². The fourth-order valence-electron chi connectivity index (χ4n) is 1.59. The van der Waals surface area contributed by atoms with E-state index in [4.69, 9.17) is 4.74 Å². The minimum atomic E-state index is -0.542. The highest BCUT2D eigenvalue weighted by Crippen LogP contribution is 2.25. The monoisotopic (exact) mass is 253 g/mol. The molecule has 0 unspecified atom stereocenters. The largest absolute Gasteiger partial charge is 0.508 e. The first-order valence-corrected chi connectivity index (χ1v) is 5.66. The van der Waals surface area contributed by atoms with E-state index in [1.54, 1.807) is 6.92 Å². The molecule has 1 rings (SSSR count). The minimum Gasteiger partial charge on any atom is -0.508 e. The number of esters is 1. The van der Waals surface area contributed by atoms with Crippen molar-refractivity contribution in [3.8, 4) is 5.75 Å². The topological polar surface area (TPSA) is 89.7 Å². The van der Waals surface area contributed by atoms with Gasteiger partial charge in [0.1, 0.15) is 5.75 Å². The van der Waals surface area contributed by atoms with Gasteiger partial charge in [-0.1, -0.05) is 0 Å². The molecule has 0 saturated heterocycles. The first-order chi connectivity index (χ1) is 8.54. The Kier molecular flexibility index (Phi) is 5.10. The van der Waals surface area contributed by atoms with Gasteiger partial charge in [-0.3, -0.25) is 14.9 Å². The molecule has 0 bridgehead atoms. The van der Waals surface area contributed by atoms with Crippen LogP contribution in [0.2, 0.25) is 0 Å². The highest BCUT2D eigenvalue weighted by molar-refractivity contribution is 5.69. The minimum absolute atomic E-state index is 0.126. The van der Waals surface area contributed by atoms with Gasteiger partial charge < -0.3 is 9.84 Å². The molecule has 1 aromatic carbocycles. The quantitative estimate of drug-likeness (QED) is 0.476. The van der Waals surface area contributed by atoms with Gasteiger partial charge in [-0.15, -0.1) is 0 Å². The second-order valence-corrected chi connectivity index (χ2v) is 3.73. The molecule has 6 heteroatoms. The van der Waals surface area contributed by atoms with Crippen LogP contribution in [-0.2, 0) is 16.0 Å². The van der Waals surface area contributed by atoms with Crippen molar-refractivity contribution in [3.05, 3.63) is 33.9 Å². The summed E-state index contributed by atoms with van der Waals surface area (Å²) in [6, 6.07) is 4.00. The summed E-state index contributed by atoms with van der Waals surface area (Å²) in [6.07, 6.45) is 1.10. The standard InChI is InChI=1S/C12H15NO5/c1-2-18-12(15)5-3-4-9-6-7-10(14)8-11(9)13(16)17/h6-8,14H,2-5H2,1H3. The van der Waals surface area contributed by atoms with Gasteiger partial charge in [0.15, 0.2) is 0 Å². The third kappa shape index (κ3) is 4.04. The van der Waals surface area contributed by atoms with Crippen molar-refractivity contribution in [2.45, 2.75) is 26.2 Å². The Morgan fingerprint density at radius 3 is 2.83 bits per heavy atom. The van der Waals surface area contributed by atoms with E-state index >= 15 is 0 Å². The first kappa shape index (κ1) is 14.0. The lowest BCUT2D eigenvalue weighted by molar-refractivity contribution is -0.385. The van der Waals surface area contributed by atoms with Gasteiger partial charge in [0.05, 0.1) is 17.6 Å². The second kappa shape index (κ2) is 6.58. The summed E-state index contributed by atoms with van der Waals surface area (Å²) in [6.45, 7) is 2.06. The average molecular weight is 253 g/mol. The molecular weight excluding hydrogens is 238 g/mol. The van der Waals surface area contributed by atoms with E-state index < -0.39 is 4.92 Å². The van der Waals surface area contributed by atoms with Crippen LogP contribution in [0.4, 0.5) is 5.69 Å². The smallest absolute Gasteiger partial charge is 0.305 e. The third-order valence-electron chi connectivity index (χ3n) is 2.40. The number of phenols is 1. The Balaban J connectivity index is 2.62. The molecule has 6 nitrogen and oxygen atoms in total. The zero-order valence-corrected chi connectivity index (χ0v) is 10.1. The molecule has 1 aromatic rings. The molecular formula is C12H15NO5. The van der Waals surface area contributed by atoms with Crippen molar-refractivity contribution in [1.29, 1.82) is 0 Å². The van der Waals surface area contributed by atoms with Crippen LogP contribution in [0.5, 0.6) is 5.75 Å². The first-order valence-electron chi connectivity index (χ1n) is 5.66. The summed E-state index contributed by atoms with van der Waals surface area (Å²) in [7, 11) is 0. The molecule has 98 valence electrons. The molecule has 1 N–H and O–H groups in total. The number of phenolic OH excluding ortho intramolecular Hbond substituents is 1. The van der Waals surface area contributed by atoms with E-state index in [2.05, 4.69) is 0 Å². The van der Waals surface area contributed by atoms with E-state index in [1.807, 2.05) is 0 Å². The number of aromatic hydroxyl groups is 1. The highest BCUT2D eigenvalue weighted by Gasteiger charge is 2.14. The number of nitro groups is 1. The number of carbonyl (C=O) groups is 1. The normalized spacial score (nSPS) is 10.1.